The number of anilines is 1. The van der Waals surface area contributed by atoms with Gasteiger partial charge in [0.25, 0.3) is 0 Å². The highest BCUT2D eigenvalue weighted by atomic mass is 15.3. The lowest BCUT2D eigenvalue weighted by Crippen LogP contribution is -2.07. The number of aryl methyl sites for hydroxylation is 2. The summed E-state index contributed by atoms with van der Waals surface area (Å²) in [6, 6.07) is 0.410. The van der Waals surface area contributed by atoms with E-state index in [4.69, 9.17) is 10.8 Å². The van der Waals surface area contributed by atoms with E-state index in [1.165, 1.54) is 0 Å². The summed E-state index contributed by atoms with van der Waals surface area (Å²) in [7, 11) is 0. The van der Waals surface area contributed by atoms with Gasteiger partial charge in [-0.3, -0.25) is 9.36 Å². The van der Waals surface area contributed by atoms with Crippen molar-refractivity contribution in [2.24, 2.45) is 0 Å². The second-order valence-electron chi connectivity index (χ2n) is 5.24. The Morgan fingerprint density at radius 1 is 1.15 bits per heavy atom. The molecule has 2 aromatic rings. The molecule has 2 aromatic heterocycles. The van der Waals surface area contributed by atoms with Gasteiger partial charge in [-0.2, -0.15) is 10.2 Å². The minimum Gasteiger partial charge on any atom is -0.396 e. The first-order valence-electron chi connectivity index (χ1n) is 7.42. The maximum absolute atomic E-state index is 6.19. The van der Waals surface area contributed by atoms with Crippen LogP contribution in [-0.2, 0) is 6.54 Å². The predicted octanol–water partition coefficient (Wildman–Crippen LogP) is 3.33. The Hall–Kier alpha value is -1.78. The fourth-order valence-corrected chi connectivity index (χ4v) is 2.80. The average molecular weight is 275 g/mol. The fraction of sp³-hybridized carbons (Fsp3) is 0.600. The van der Waals surface area contributed by atoms with Gasteiger partial charge in [-0.1, -0.05) is 13.8 Å². The lowest BCUT2D eigenvalue weighted by Gasteiger charge is -2.12. The fourth-order valence-electron chi connectivity index (χ4n) is 2.80. The molecule has 0 unspecified atom stereocenters. The number of hydrogen-bond donors (Lipinski definition) is 1. The molecule has 0 spiro atoms. The zero-order chi connectivity index (χ0) is 14.9. The number of nitrogens with zero attached hydrogens (tertiary/aromatic N) is 4. The SMILES string of the molecule is CCC(CC)n1cc(N)c(-c2c(C)nn(CC)c2C)n1. The smallest absolute Gasteiger partial charge is 0.119 e. The zero-order valence-electron chi connectivity index (χ0n) is 13.1. The lowest BCUT2D eigenvalue weighted by atomic mass is 10.1. The summed E-state index contributed by atoms with van der Waals surface area (Å²) < 4.78 is 4.01. The third-order valence-electron chi connectivity index (χ3n) is 3.99. The molecule has 5 nitrogen and oxygen atoms in total. The molecule has 2 rings (SSSR count). The van der Waals surface area contributed by atoms with Crippen LogP contribution < -0.4 is 5.73 Å². The Labute approximate surface area is 120 Å². The number of rotatable bonds is 5. The van der Waals surface area contributed by atoms with Crippen molar-refractivity contribution in [3.8, 4) is 11.3 Å². The number of nitrogens with two attached hydrogens (primary N) is 1. The molecule has 110 valence electrons. The Bertz CT molecular complexity index is 590. The van der Waals surface area contributed by atoms with Crippen molar-refractivity contribution in [3.05, 3.63) is 17.6 Å². The highest BCUT2D eigenvalue weighted by molar-refractivity contribution is 5.75. The summed E-state index contributed by atoms with van der Waals surface area (Å²) in [5.74, 6) is 0. The summed E-state index contributed by atoms with van der Waals surface area (Å²) in [6.07, 6.45) is 4.07. The van der Waals surface area contributed by atoms with Crippen LogP contribution in [-0.4, -0.2) is 19.6 Å². The summed E-state index contributed by atoms with van der Waals surface area (Å²) in [6.45, 7) is 11.4. The first-order valence-corrected chi connectivity index (χ1v) is 7.42. The number of nitrogen functional groups attached to an aromatic ring is 1. The van der Waals surface area contributed by atoms with Crippen molar-refractivity contribution in [2.75, 3.05) is 5.73 Å². The zero-order valence-corrected chi connectivity index (χ0v) is 13.1. The summed E-state index contributed by atoms with van der Waals surface area (Å²) in [4.78, 5) is 0. The van der Waals surface area contributed by atoms with Crippen LogP contribution in [0.1, 0.15) is 51.0 Å². The van der Waals surface area contributed by atoms with Crippen LogP contribution in [0, 0.1) is 13.8 Å². The highest BCUT2D eigenvalue weighted by Gasteiger charge is 2.19. The monoisotopic (exact) mass is 275 g/mol. The summed E-state index contributed by atoms with van der Waals surface area (Å²) >= 11 is 0. The van der Waals surface area contributed by atoms with Gasteiger partial charge in [-0.15, -0.1) is 0 Å². The predicted molar refractivity (Wildman–Crippen MR) is 82.6 cm³/mol. The van der Waals surface area contributed by atoms with E-state index in [0.29, 0.717) is 6.04 Å². The molecular formula is C15H25N5. The minimum absolute atomic E-state index is 0.410. The molecule has 0 bridgehead atoms. The Kier molecular flexibility index (Phi) is 4.16. The van der Waals surface area contributed by atoms with Crippen molar-refractivity contribution < 1.29 is 0 Å². The van der Waals surface area contributed by atoms with Gasteiger partial charge in [0.15, 0.2) is 0 Å². The van der Waals surface area contributed by atoms with E-state index < -0.39 is 0 Å². The van der Waals surface area contributed by atoms with Crippen LogP contribution >= 0.6 is 0 Å². The van der Waals surface area contributed by atoms with Crippen LogP contribution in [0.5, 0.6) is 0 Å². The van der Waals surface area contributed by atoms with Gasteiger partial charge in [0, 0.05) is 24.0 Å². The Morgan fingerprint density at radius 2 is 1.80 bits per heavy atom. The van der Waals surface area contributed by atoms with Crippen molar-refractivity contribution in [2.45, 2.75) is 60.0 Å². The molecule has 0 aliphatic rings. The standard InChI is InChI=1S/C15H25N5/c1-6-12(7-2)20-9-13(16)15(18-20)14-10(4)17-19(8-3)11(14)5/h9,12H,6-8,16H2,1-5H3. The molecule has 0 radical (unpaired) electrons. The van der Waals surface area contributed by atoms with Gasteiger partial charge in [0.2, 0.25) is 0 Å². The molecule has 0 saturated carbocycles. The Morgan fingerprint density at radius 3 is 2.30 bits per heavy atom. The quantitative estimate of drug-likeness (QED) is 0.910. The minimum atomic E-state index is 0.410. The molecule has 2 N–H and O–H groups in total. The molecular weight excluding hydrogens is 250 g/mol. The van der Waals surface area contributed by atoms with Crippen molar-refractivity contribution >= 4 is 5.69 Å². The van der Waals surface area contributed by atoms with Crippen LogP contribution in [0.4, 0.5) is 5.69 Å². The van der Waals surface area contributed by atoms with Gasteiger partial charge in [0.1, 0.15) is 5.69 Å². The van der Waals surface area contributed by atoms with E-state index in [1.54, 1.807) is 0 Å². The molecule has 0 amide bonds. The largest absolute Gasteiger partial charge is 0.396 e. The molecule has 2 heterocycles. The maximum Gasteiger partial charge on any atom is 0.119 e. The van der Waals surface area contributed by atoms with Crippen molar-refractivity contribution in [1.29, 1.82) is 0 Å². The van der Waals surface area contributed by atoms with Crippen molar-refractivity contribution in [1.82, 2.24) is 19.6 Å². The molecule has 0 fully saturated rings. The summed E-state index contributed by atoms with van der Waals surface area (Å²) in [5, 5.41) is 9.28. The molecule has 5 heteroatoms. The van der Waals surface area contributed by atoms with Crippen LogP contribution in [0.25, 0.3) is 11.3 Å². The van der Waals surface area contributed by atoms with E-state index in [-0.39, 0.29) is 0 Å². The summed E-state index contributed by atoms with van der Waals surface area (Å²) in [5.41, 5.74) is 11.0. The molecule has 0 aliphatic heterocycles. The second-order valence-corrected chi connectivity index (χ2v) is 5.24. The van der Waals surface area contributed by atoms with Crippen LogP contribution in [0.15, 0.2) is 6.20 Å². The molecule has 0 atom stereocenters. The second kappa shape index (κ2) is 5.69. The van der Waals surface area contributed by atoms with Gasteiger partial charge < -0.3 is 5.73 Å². The van der Waals surface area contributed by atoms with E-state index in [2.05, 4.69) is 32.8 Å². The molecule has 0 aliphatic carbocycles. The third kappa shape index (κ3) is 2.32. The first kappa shape index (κ1) is 14.6. The van der Waals surface area contributed by atoms with Gasteiger partial charge in [0.05, 0.1) is 17.4 Å². The van der Waals surface area contributed by atoms with Crippen LogP contribution in [0.3, 0.4) is 0 Å². The topological polar surface area (TPSA) is 61.7 Å². The van der Waals surface area contributed by atoms with E-state index in [9.17, 15) is 0 Å². The highest BCUT2D eigenvalue weighted by Crippen LogP contribution is 2.31. The van der Waals surface area contributed by atoms with Gasteiger partial charge >= 0.3 is 0 Å². The Balaban J connectivity index is 2.51. The number of aromatic nitrogens is 4. The van der Waals surface area contributed by atoms with Crippen LogP contribution in [0.2, 0.25) is 0 Å². The number of hydrogen-bond acceptors (Lipinski definition) is 3. The lowest BCUT2D eigenvalue weighted by molar-refractivity contribution is 0.429. The third-order valence-corrected chi connectivity index (χ3v) is 3.99. The van der Waals surface area contributed by atoms with Gasteiger partial charge in [-0.05, 0) is 33.6 Å². The van der Waals surface area contributed by atoms with E-state index in [0.717, 1.165) is 47.7 Å². The maximum atomic E-state index is 6.19. The van der Waals surface area contributed by atoms with Gasteiger partial charge in [-0.25, -0.2) is 0 Å². The molecule has 20 heavy (non-hydrogen) atoms. The van der Waals surface area contributed by atoms with Crippen molar-refractivity contribution in [3.63, 3.8) is 0 Å². The molecule has 0 saturated heterocycles. The normalized spacial score (nSPS) is 11.5. The van der Waals surface area contributed by atoms with E-state index in [1.807, 2.05) is 22.5 Å². The molecule has 0 aromatic carbocycles. The van der Waals surface area contributed by atoms with E-state index >= 15 is 0 Å². The first-order chi connectivity index (χ1) is 9.53. The average Bonchev–Trinajstić information content (AvgIpc) is 2.92.